The van der Waals surface area contributed by atoms with Gasteiger partial charge in [-0.15, -0.1) is 0 Å². The fraction of sp³-hybridized carbons (Fsp3) is 0.357. The zero-order valence-electron chi connectivity index (χ0n) is 21.4. The summed E-state index contributed by atoms with van der Waals surface area (Å²) >= 11 is 6.19. The van der Waals surface area contributed by atoms with Gasteiger partial charge < -0.3 is 19.7 Å². The number of hydrogen-bond acceptors (Lipinski definition) is 8. The van der Waals surface area contributed by atoms with Gasteiger partial charge in [-0.1, -0.05) is 29.8 Å². The summed E-state index contributed by atoms with van der Waals surface area (Å²) in [6.45, 7) is 4.62. The van der Waals surface area contributed by atoms with E-state index in [1.165, 1.54) is 6.39 Å². The van der Waals surface area contributed by atoms with Crippen molar-refractivity contribution in [3.63, 3.8) is 0 Å². The minimum atomic E-state index is -0.208. The van der Waals surface area contributed by atoms with E-state index in [-0.39, 0.29) is 25.0 Å². The van der Waals surface area contributed by atoms with Gasteiger partial charge in [0.15, 0.2) is 12.0 Å². The molecule has 1 fully saturated rings. The van der Waals surface area contributed by atoms with Crippen LogP contribution in [0, 0.1) is 0 Å². The number of fused-ring (bicyclic) bond motifs is 3. The fourth-order valence-corrected chi connectivity index (χ4v) is 5.73. The largest absolute Gasteiger partial charge is 0.441 e. The molecule has 2 aliphatic heterocycles. The van der Waals surface area contributed by atoms with Gasteiger partial charge >= 0.3 is 0 Å². The van der Waals surface area contributed by atoms with Crippen molar-refractivity contribution in [2.24, 2.45) is 0 Å². The number of benzene rings is 2. The molecule has 39 heavy (non-hydrogen) atoms. The van der Waals surface area contributed by atoms with Crippen molar-refractivity contribution in [3.05, 3.63) is 64.6 Å². The summed E-state index contributed by atoms with van der Waals surface area (Å²) in [7, 11) is 0. The highest BCUT2D eigenvalue weighted by Gasteiger charge is 2.30. The number of aromatic nitrogens is 2. The molecule has 4 aromatic rings. The van der Waals surface area contributed by atoms with Crippen LogP contribution in [0.25, 0.3) is 22.0 Å². The Hall–Kier alpha value is -3.57. The molecular formula is C28H29ClN6O4. The number of rotatable bonds is 6. The first-order valence-electron chi connectivity index (χ1n) is 13.1. The number of amides is 2. The van der Waals surface area contributed by atoms with E-state index in [0.717, 1.165) is 35.2 Å². The SMILES string of the molecule is O=C(CN1CCc2nc3ccccc3c(C(=O)N3CCN(CCO)CC3)c2C1)Nc1cc(Cl)cc2ncoc12. The van der Waals surface area contributed by atoms with Gasteiger partial charge in [0.2, 0.25) is 5.91 Å². The highest BCUT2D eigenvalue weighted by Crippen LogP contribution is 2.30. The highest BCUT2D eigenvalue weighted by molar-refractivity contribution is 6.31. The zero-order valence-corrected chi connectivity index (χ0v) is 22.2. The number of pyridine rings is 1. The lowest BCUT2D eigenvalue weighted by molar-refractivity contribution is -0.117. The van der Waals surface area contributed by atoms with Crippen molar-refractivity contribution in [1.29, 1.82) is 0 Å². The summed E-state index contributed by atoms with van der Waals surface area (Å²) in [5, 5.41) is 13.5. The number of aliphatic hydroxyl groups is 1. The number of β-amino-alcohol motifs (C(OH)–C–C–N with tert-alkyl or cyclic N) is 1. The van der Waals surface area contributed by atoms with E-state index >= 15 is 0 Å². The standard InChI is InChI=1S/C28H29ClN6O4/c29-18-13-23-27(39-17-30-23)24(14-18)32-25(37)16-34-6-5-22-20(15-34)26(19-3-1-2-4-21(19)31-22)28(38)35-9-7-33(8-10-35)11-12-36/h1-4,13-14,17,36H,5-12,15-16H2,(H,32,37). The topological polar surface area (TPSA) is 115 Å². The smallest absolute Gasteiger partial charge is 0.255 e. The Labute approximate surface area is 230 Å². The number of carbonyl (C=O) groups is 2. The van der Waals surface area contributed by atoms with Crippen molar-refractivity contribution in [2.45, 2.75) is 13.0 Å². The van der Waals surface area contributed by atoms with Gasteiger partial charge in [0.25, 0.3) is 5.91 Å². The predicted octanol–water partition coefficient (Wildman–Crippen LogP) is 2.78. The molecule has 6 rings (SSSR count). The van der Waals surface area contributed by atoms with E-state index in [2.05, 4.69) is 15.2 Å². The summed E-state index contributed by atoms with van der Waals surface area (Å²) in [5.74, 6) is -0.216. The molecule has 0 radical (unpaired) electrons. The Balaban J connectivity index is 1.24. The number of piperazine rings is 1. The third-order valence-corrected chi connectivity index (χ3v) is 7.67. The van der Waals surface area contributed by atoms with Crippen LogP contribution in [0.1, 0.15) is 21.6 Å². The molecule has 0 spiro atoms. The lowest BCUT2D eigenvalue weighted by Crippen LogP contribution is -2.49. The van der Waals surface area contributed by atoms with Crippen LogP contribution in [0.15, 0.2) is 47.2 Å². The monoisotopic (exact) mass is 548 g/mol. The molecule has 11 heteroatoms. The van der Waals surface area contributed by atoms with Gasteiger partial charge in [0, 0.05) is 73.9 Å². The molecule has 2 aliphatic rings. The maximum Gasteiger partial charge on any atom is 0.255 e. The minimum Gasteiger partial charge on any atom is -0.441 e. The average Bonchev–Trinajstić information content (AvgIpc) is 3.41. The summed E-state index contributed by atoms with van der Waals surface area (Å²) in [6.07, 6.45) is 1.96. The van der Waals surface area contributed by atoms with Gasteiger partial charge in [-0.2, -0.15) is 0 Å². The molecule has 2 aromatic heterocycles. The van der Waals surface area contributed by atoms with Crippen LogP contribution >= 0.6 is 11.6 Å². The van der Waals surface area contributed by atoms with Gasteiger partial charge in [-0.05, 0) is 18.2 Å². The zero-order chi connectivity index (χ0) is 26.9. The summed E-state index contributed by atoms with van der Waals surface area (Å²) < 4.78 is 5.44. The maximum atomic E-state index is 14.0. The molecule has 0 atom stereocenters. The van der Waals surface area contributed by atoms with Crippen molar-refractivity contribution >= 4 is 51.1 Å². The second-order valence-electron chi connectivity index (χ2n) is 9.95. The number of aliphatic hydroxyl groups excluding tert-OH is 1. The van der Waals surface area contributed by atoms with Crippen LogP contribution < -0.4 is 5.32 Å². The predicted molar refractivity (Wildman–Crippen MR) is 148 cm³/mol. The number of nitrogens with zero attached hydrogens (tertiary/aromatic N) is 5. The molecule has 10 nitrogen and oxygen atoms in total. The van der Waals surface area contributed by atoms with E-state index < -0.39 is 0 Å². The third-order valence-electron chi connectivity index (χ3n) is 7.45. The van der Waals surface area contributed by atoms with Crippen LogP contribution in [0.3, 0.4) is 0 Å². The molecule has 1 saturated heterocycles. The van der Waals surface area contributed by atoms with Crippen molar-refractivity contribution < 1.29 is 19.1 Å². The quantitative estimate of drug-likeness (QED) is 0.378. The second kappa shape index (κ2) is 10.9. The molecule has 2 N–H and O–H groups in total. The molecule has 4 heterocycles. The fourth-order valence-electron chi connectivity index (χ4n) is 5.52. The van der Waals surface area contributed by atoms with Gasteiger partial charge in [-0.25, -0.2) is 4.98 Å². The Bertz CT molecular complexity index is 1550. The molecule has 2 aromatic carbocycles. The first-order chi connectivity index (χ1) is 19.0. The Morgan fingerprint density at radius 1 is 1.05 bits per heavy atom. The van der Waals surface area contributed by atoms with E-state index in [9.17, 15) is 14.7 Å². The van der Waals surface area contributed by atoms with Gasteiger partial charge in [-0.3, -0.25) is 24.4 Å². The molecular weight excluding hydrogens is 520 g/mol. The summed E-state index contributed by atoms with van der Waals surface area (Å²) in [5.41, 5.74) is 4.79. The molecule has 0 saturated carbocycles. The number of nitrogens with one attached hydrogen (secondary N) is 1. The normalized spacial score (nSPS) is 16.5. The number of para-hydroxylation sites is 1. The third kappa shape index (κ3) is 5.20. The maximum absolute atomic E-state index is 14.0. The summed E-state index contributed by atoms with van der Waals surface area (Å²) in [6, 6.07) is 11.1. The van der Waals surface area contributed by atoms with Crippen LogP contribution in [0.2, 0.25) is 5.02 Å². The van der Waals surface area contributed by atoms with Gasteiger partial charge in [0.05, 0.1) is 29.9 Å². The Morgan fingerprint density at radius 3 is 2.69 bits per heavy atom. The van der Waals surface area contributed by atoms with Crippen molar-refractivity contribution in [3.8, 4) is 0 Å². The lowest BCUT2D eigenvalue weighted by Gasteiger charge is -2.36. The molecule has 0 unspecified atom stereocenters. The minimum absolute atomic E-state index is 0.00793. The van der Waals surface area contributed by atoms with E-state index in [4.69, 9.17) is 21.0 Å². The number of hydrogen-bond donors (Lipinski definition) is 2. The number of oxazole rings is 1. The van der Waals surface area contributed by atoms with E-state index in [1.54, 1.807) is 12.1 Å². The lowest BCUT2D eigenvalue weighted by atomic mass is 9.94. The van der Waals surface area contributed by atoms with E-state index in [1.807, 2.05) is 34.1 Å². The summed E-state index contributed by atoms with van der Waals surface area (Å²) in [4.78, 5) is 42.1. The van der Waals surface area contributed by atoms with Crippen LogP contribution in [0.5, 0.6) is 0 Å². The molecule has 202 valence electrons. The number of anilines is 1. The van der Waals surface area contributed by atoms with Crippen LogP contribution in [-0.2, 0) is 17.8 Å². The van der Waals surface area contributed by atoms with E-state index in [0.29, 0.717) is 66.5 Å². The van der Waals surface area contributed by atoms with Crippen LogP contribution in [0.4, 0.5) is 5.69 Å². The Morgan fingerprint density at radius 2 is 1.87 bits per heavy atom. The second-order valence-corrected chi connectivity index (χ2v) is 10.4. The first-order valence-corrected chi connectivity index (χ1v) is 13.5. The molecule has 0 aliphatic carbocycles. The average molecular weight is 549 g/mol. The molecule has 0 bridgehead atoms. The van der Waals surface area contributed by atoms with Crippen LogP contribution in [-0.4, -0.2) is 94.0 Å². The number of carbonyl (C=O) groups excluding carboxylic acids is 2. The Kier molecular flexibility index (Phi) is 7.18. The molecule has 2 amide bonds. The van der Waals surface area contributed by atoms with Gasteiger partial charge in [0.1, 0.15) is 5.52 Å². The van der Waals surface area contributed by atoms with Crippen molar-refractivity contribution in [2.75, 3.05) is 57.7 Å². The number of halogens is 1. The van der Waals surface area contributed by atoms with Crippen molar-refractivity contribution in [1.82, 2.24) is 24.7 Å². The first kappa shape index (κ1) is 25.7. The highest BCUT2D eigenvalue weighted by atomic mass is 35.5.